The van der Waals surface area contributed by atoms with Gasteiger partial charge in [0.15, 0.2) is 0 Å². The van der Waals surface area contributed by atoms with Crippen molar-refractivity contribution < 1.29 is 22.7 Å². The number of unbranched alkanes of at least 4 members (excludes halogenated alkanes) is 1. The number of hydrogen-bond acceptors (Lipinski definition) is 3. The number of methoxy groups -OCH3 is 1. The van der Waals surface area contributed by atoms with E-state index in [4.69, 9.17) is 4.74 Å². The summed E-state index contributed by atoms with van der Waals surface area (Å²) in [6.45, 7) is 1.59. The lowest BCUT2D eigenvalue weighted by Crippen LogP contribution is -2.44. The third-order valence-corrected chi connectivity index (χ3v) is 2.26. The third kappa shape index (κ3) is 12.3. The second-order valence-electron chi connectivity index (χ2n) is 3.95. The SMILES string of the molecule is CCCCN(CC(F)(F)F)C(=O)CNCCOC.Cl. The van der Waals surface area contributed by atoms with Gasteiger partial charge in [0.05, 0.1) is 13.2 Å². The third-order valence-electron chi connectivity index (χ3n) is 2.26. The van der Waals surface area contributed by atoms with Crippen molar-refractivity contribution in [2.24, 2.45) is 0 Å². The van der Waals surface area contributed by atoms with Gasteiger partial charge in [0.2, 0.25) is 5.91 Å². The summed E-state index contributed by atoms with van der Waals surface area (Å²) in [6, 6.07) is 0. The van der Waals surface area contributed by atoms with E-state index in [1.807, 2.05) is 6.92 Å². The molecule has 8 heteroatoms. The number of carbonyl (C=O) groups excluding carboxylic acids is 1. The molecule has 0 spiro atoms. The number of halogens is 4. The van der Waals surface area contributed by atoms with Crippen LogP contribution in [-0.2, 0) is 9.53 Å². The molecule has 0 aliphatic heterocycles. The molecule has 0 saturated heterocycles. The van der Waals surface area contributed by atoms with Gasteiger partial charge >= 0.3 is 6.18 Å². The highest BCUT2D eigenvalue weighted by atomic mass is 35.5. The van der Waals surface area contributed by atoms with E-state index in [0.717, 1.165) is 11.3 Å². The first-order valence-corrected chi connectivity index (χ1v) is 5.95. The Morgan fingerprint density at radius 2 is 2.00 bits per heavy atom. The minimum absolute atomic E-state index is 0. The Bertz CT molecular complexity index is 240. The molecule has 116 valence electrons. The second-order valence-corrected chi connectivity index (χ2v) is 3.95. The van der Waals surface area contributed by atoms with Crippen LogP contribution in [0.4, 0.5) is 13.2 Å². The van der Waals surface area contributed by atoms with E-state index < -0.39 is 18.6 Å². The number of hydrogen-bond donors (Lipinski definition) is 1. The fourth-order valence-corrected chi connectivity index (χ4v) is 1.34. The monoisotopic (exact) mass is 306 g/mol. The largest absolute Gasteiger partial charge is 0.406 e. The Hall–Kier alpha value is -0.530. The molecule has 0 atom stereocenters. The van der Waals surface area contributed by atoms with E-state index in [1.165, 1.54) is 7.11 Å². The van der Waals surface area contributed by atoms with Gasteiger partial charge in [0, 0.05) is 20.2 Å². The first kappa shape index (κ1) is 20.8. The molecule has 0 aromatic heterocycles. The van der Waals surface area contributed by atoms with E-state index in [-0.39, 0.29) is 25.5 Å². The Kier molecular flexibility index (Phi) is 12.4. The fraction of sp³-hybridized carbons (Fsp3) is 0.909. The summed E-state index contributed by atoms with van der Waals surface area (Å²) in [5, 5.41) is 2.75. The lowest BCUT2D eigenvalue weighted by molar-refractivity contribution is -0.160. The summed E-state index contributed by atoms with van der Waals surface area (Å²) in [4.78, 5) is 12.5. The average Bonchev–Trinajstić information content (AvgIpc) is 2.28. The minimum Gasteiger partial charge on any atom is -0.383 e. The Morgan fingerprint density at radius 1 is 1.37 bits per heavy atom. The first-order valence-electron chi connectivity index (χ1n) is 5.95. The van der Waals surface area contributed by atoms with Crippen LogP contribution in [0.25, 0.3) is 0 Å². The van der Waals surface area contributed by atoms with Crippen LogP contribution in [0, 0.1) is 0 Å². The summed E-state index contributed by atoms with van der Waals surface area (Å²) < 4.78 is 41.7. The van der Waals surface area contributed by atoms with Crippen LogP contribution in [0.2, 0.25) is 0 Å². The van der Waals surface area contributed by atoms with Crippen molar-refractivity contribution in [3.8, 4) is 0 Å². The van der Waals surface area contributed by atoms with Crippen LogP contribution in [-0.4, -0.2) is 56.9 Å². The van der Waals surface area contributed by atoms with Gasteiger partial charge < -0.3 is 15.0 Å². The molecule has 0 fully saturated rings. The fourth-order valence-electron chi connectivity index (χ4n) is 1.34. The van der Waals surface area contributed by atoms with Crippen molar-refractivity contribution in [1.29, 1.82) is 0 Å². The van der Waals surface area contributed by atoms with Crippen molar-refractivity contribution in [1.82, 2.24) is 10.2 Å². The van der Waals surface area contributed by atoms with Crippen LogP contribution in [0.15, 0.2) is 0 Å². The quantitative estimate of drug-likeness (QED) is 0.661. The number of rotatable bonds is 9. The summed E-state index contributed by atoms with van der Waals surface area (Å²) in [6.07, 6.45) is -3.03. The number of alkyl halides is 3. The predicted molar refractivity (Wildman–Crippen MR) is 69.5 cm³/mol. The van der Waals surface area contributed by atoms with Gasteiger partial charge in [0.25, 0.3) is 0 Å². The molecule has 1 N–H and O–H groups in total. The smallest absolute Gasteiger partial charge is 0.383 e. The van der Waals surface area contributed by atoms with E-state index in [0.29, 0.717) is 19.6 Å². The molecule has 0 heterocycles. The van der Waals surface area contributed by atoms with Crippen LogP contribution < -0.4 is 5.32 Å². The summed E-state index contributed by atoms with van der Waals surface area (Å²) in [5.74, 6) is -0.531. The van der Waals surface area contributed by atoms with Gasteiger partial charge in [-0.2, -0.15) is 13.2 Å². The van der Waals surface area contributed by atoms with Crippen LogP contribution in [0.1, 0.15) is 19.8 Å². The van der Waals surface area contributed by atoms with Crippen molar-refractivity contribution in [2.75, 3.05) is 39.9 Å². The summed E-state index contributed by atoms with van der Waals surface area (Å²) in [7, 11) is 1.51. The highest BCUT2D eigenvalue weighted by molar-refractivity contribution is 5.85. The lowest BCUT2D eigenvalue weighted by Gasteiger charge is -2.24. The molecule has 0 unspecified atom stereocenters. The van der Waals surface area contributed by atoms with Crippen LogP contribution in [0.5, 0.6) is 0 Å². The van der Waals surface area contributed by atoms with Crippen molar-refractivity contribution >= 4 is 18.3 Å². The zero-order valence-corrected chi connectivity index (χ0v) is 12.1. The molecular weight excluding hydrogens is 285 g/mol. The van der Waals surface area contributed by atoms with Crippen molar-refractivity contribution in [2.45, 2.75) is 25.9 Å². The zero-order chi connectivity index (χ0) is 14.0. The van der Waals surface area contributed by atoms with Crippen molar-refractivity contribution in [3.63, 3.8) is 0 Å². The molecule has 0 rings (SSSR count). The Morgan fingerprint density at radius 3 is 2.47 bits per heavy atom. The van der Waals surface area contributed by atoms with Gasteiger partial charge in [-0.05, 0) is 6.42 Å². The van der Waals surface area contributed by atoms with Gasteiger partial charge in [-0.25, -0.2) is 0 Å². The number of carbonyl (C=O) groups is 1. The minimum atomic E-state index is -4.35. The average molecular weight is 307 g/mol. The van der Waals surface area contributed by atoms with E-state index in [9.17, 15) is 18.0 Å². The van der Waals surface area contributed by atoms with E-state index in [1.54, 1.807) is 0 Å². The number of ether oxygens (including phenoxy) is 1. The number of amides is 1. The molecule has 0 saturated carbocycles. The van der Waals surface area contributed by atoms with Gasteiger partial charge in [-0.3, -0.25) is 4.79 Å². The molecule has 1 amide bonds. The molecule has 0 radical (unpaired) electrons. The molecule has 0 aromatic carbocycles. The standard InChI is InChI=1S/C11H21F3N2O2.ClH/c1-3-4-6-16(9-11(12,13)14)10(17)8-15-5-7-18-2;/h15H,3-9H2,1-2H3;1H. The Balaban J connectivity index is 0. The topological polar surface area (TPSA) is 41.6 Å². The number of nitrogens with zero attached hydrogens (tertiary/aromatic N) is 1. The molecule has 0 aromatic rings. The first-order chi connectivity index (χ1) is 8.40. The molecule has 0 aliphatic carbocycles. The maximum absolute atomic E-state index is 12.3. The summed E-state index contributed by atoms with van der Waals surface area (Å²) in [5.41, 5.74) is 0. The maximum atomic E-state index is 12.3. The maximum Gasteiger partial charge on any atom is 0.406 e. The zero-order valence-electron chi connectivity index (χ0n) is 11.3. The number of nitrogens with one attached hydrogen (secondary N) is 1. The van der Waals surface area contributed by atoms with E-state index >= 15 is 0 Å². The van der Waals surface area contributed by atoms with Crippen LogP contribution >= 0.6 is 12.4 Å². The molecule has 0 aliphatic rings. The van der Waals surface area contributed by atoms with Crippen molar-refractivity contribution in [3.05, 3.63) is 0 Å². The molecule has 0 bridgehead atoms. The van der Waals surface area contributed by atoms with Gasteiger partial charge in [0.1, 0.15) is 6.54 Å². The lowest BCUT2D eigenvalue weighted by atomic mass is 10.3. The highest BCUT2D eigenvalue weighted by Crippen LogP contribution is 2.16. The summed E-state index contributed by atoms with van der Waals surface area (Å²) >= 11 is 0. The molecule has 4 nitrogen and oxygen atoms in total. The van der Waals surface area contributed by atoms with Crippen LogP contribution in [0.3, 0.4) is 0 Å². The van der Waals surface area contributed by atoms with E-state index in [2.05, 4.69) is 5.32 Å². The van der Waals surface area contributed by atoms with Gasteiger partial charge in [-0.15, -0.1) is 12.4 Å². The van der Waals surface area contributed by atoms with Gasteiger partial charge in [-0.1, -0.05) is 13.3 Å². The molecule has 19 heavy (non-hydrogen) atoms. The molecular formula is C11H22ClF3N2O2. The highest BCUT2D eigenvalue weighted by Gasteiger charge is 2.32. The second kappa shape index (κ2) is 11.3. The predicted octanol–water partition coefficient (Wildman–Crippen LogP) is 1.84. The normalized spacial score (nSPS) is 11.0. The Labute approximate surface area is 118 Å².